The fraction of sp³-hybridized carbons (Fsp3) is 0.692. The first kappa shape index (κ1) is 10.6. The Balaban J connectivity index is 1.98. The van der Waals surface area contributed by atoms with E-state index in [-0.39, 0.29) is 0 Å². The Morgan fingerprint density at radius 2 is 1.93 bits per heavy atom. The molecule has 1 heterocycles. The van der Waals surface area contributed by atoms with Crippen LogP contribution < -0.4 is 5.43 Å². The monoisotopic (exact) mass is 206 g/mol. The summed E-state index contributed by atoms with van der Waals surface area (Å²) in [6.07, 6.45) is 5.40. The SMILES string of the molecule is CCC1CCC(Nn2c(C)ccc2C)C1. The molecule has 0 aliphatic heterocycles. The van der Waals surface area contributed by atoms with Crippen molar-refractivity contribution in [1.29, 1.82) is 0 Å². The molecule has 1 aliphatic carbocycles. The molecule has 0 bridgehead atoms. The molecule has 0 radical (unpaired) electrons. The van der Waals surface area contributed by atoms with E-state index in [0.29, 0.717) is 6.04 Å². The van der Waals surface area contributed by atoms with Crippen LogP contribution in [0.3, 0.4) is 0 Å². The number of hydrogen-bond acceptors (Lipinski definition) is 1. The van der Waals surface area contributed by atoms with E-state index in [9.17, 15) is 0 Å². The van der Waals surface area contributed by atoms with E-state index in [1.54, 1.807) is 0 Å². The summed E-state index contributed by atoms with van der Waals surface area (Å²) in [4.78, 5) is 0. The molecular formula is C13H22N2. The third kappa shape index (κ3) is 2.19. The molecule has 2 nitrogen and oxygen atoms in total. The van der Waals surface area contributed by atoms with E-state index in [2.05, 4.69) is 43.0 Å². The maximum Gasteiger partial charge on any atom is 0.0427 e. The first-order valence-corrected chi connectivity index (χ1v) is 6.12. The summed E-state index contributed by atoms with van der Waals surface area (Å²) in [6, 6.07) is 5.03. The zero-order chi connectivity index (χ0) is 10.8. The van der Waals surface area contributed by atoms with Crippen molar-refractivity contribution in [1.82, 2.24) is 4.68 Å². The van der Waals surface area contributed by atoms with Gasteiger partial charge in [-0.05, 0) is 51.2 Å². The van der Waals surface area contributed by atoms with Crippen LogP contribution in [-0.4, -0.2) is 10.7 Å². The third-order valence-corrected chi connectivity index (χ3v) is 3.70. The van der Waals surface area contributed by atoms with Crippen LogP contribution >= 0.6 is 0 Å². The average molecular weight is 206 g/mol. The van der Waals surface area contributed by atoms with Crippen LogP contribution in [0.2, 0.25) is 0 Å². The molecule has 1 fully saturated rings. The highest BCUT2D eigenvalue weighted by atomic mass is 15.4. The minimum absolute atomic E-state index is 0.680. The number of nitrogens with zero attached hydrogens (tertiary/aromatic N) is 1. The number of rotatable bonds is 3. The lowest BCUT2D eigenvalue weighted by Crippen LogP contribution is -2.27. The van der Waals surface area contributed by atoms with Crippen molar-refractivity contribution in [3.8, 4) is 0 Å². The highest BCUT2D eigenvalue weighted by Crippen LogP contribution is 2.28. The summed E-state index contributed by atoms with van der Waals surface area (Å²) < 4.78 is 2.24. The van der Waals surface area contributed by atoms with Gasteiger partial charge in [0, 0.05) is 17.4 Å². The topological polar surface area (TPSA) is 17.0 Å². The van der Waals surface area contributed by atoms with Crippen molar-refractivity contribution in [2.45, 2.75) is 52.5 Å². The fourth-order valence-corrected chi connectivity index (χ4v) is 2.62. The normalized spacial score (nSPS) is 25.8. The van der Waals surface area contributed by atoms with Gasteiger partial charge in [0.15, 0.2) is 0 Å². The zero-order valence-electron chi connectivity index (χ0n) is 10.1. The van der Waals surface area contributed by atoms with Gasteiger partial charge in [-0.3, -0.25) is 4.68 Å². The highest BCUT2D eigenvalue weighted by Gasteiger charge is 2.23. The van der Waals surface area contributed by atoms with E-state index in [0.717, 1.165) is 5.92 Å². The zero-order valence-corrected chi connectivity index (χ0v) is 10.1. The van der Waals surface area contributed by atoms with E-state index in [4.69, 9.17) is 0 Å². The van der Waals surface area contributed by atoms with Crippen molar-refractivity contribution in [2.24, 2.45) is 5.92 Å². The van der Waals surface area contributed by atoms with Gasteiger partial charge in [-0.1, -0.05) is 13.3 Å². The van der Waals surface area contributed by atoms with Crippen LogP contribution in [0.4, 0.5) is 0 Å². The lowest BCUT2D eigenvalue weighted by molar-refractivity contribution is 0.517. The van der Waals surface area contributed by atoms with Gasteiger partial charge >= 0.3 is 0 Å². The van der Waals surface area contributed by atoms with Crippen LogP contribution in [0.25, 0.3) is 0 Å². The fourth-order valence-electron chi connectivity index (χ4n) is 2.62. The Labute approximate surface area is 92.6 Å². The molecule has 1 N–H and O–H groups in total. The van der Waals surface area contributed by atoms with Crippen molar-refractivity contribution in [3.63, 3.8) is 0 Å². The van der Waals surface area contributed by atoms with Crippen LogP contribution in [0, 0.1) is 19.8 Å². The standard InChI is InChI=1S/C13H22N2/c1-4-12-7-8-13(9-12)14-15-10(2)5-6-11(15)3/h5-6,12-14H,4,7-9H2,1-3H3. The molecule has 2 rings (SSSR count). The molecule has 1 aromatic rings. The van der Waals surface area contributed by atoms with E-state index in [1.165, 1.54) is 37.1 Å². The van der Waals surface area contributed by atoms with Gasteiger partial charge in [0.1, 0.15) is 0 Å². The highest BCUT2D eigenvalue weighted by molar-refractivity contribution is 5.16. The molecule has 1 aromatic heterocycles. The van der Waals surface area contributed by atoms with Gasteiger partial charge in [-0.25, -0.2) is 0 Å². The second-order valence-corrected chi connectivity index (χ2v) is 4.86. The molecule has 1 saturated carbocycles. The van der Waals surface area contributed by atoms with Crippen LogP contribution in [0.15, 0.2) is 12.1 Å². The van der Waals surface area contributed by atoms with Gasteiger partial charge in [-0.2, -0.15) is 0 Å². The van der Waals surface area contributed by atoms with Crippen LogP contribution in [0.5, 0.6) is 0 Å². The lowest BCUT2D eigenvalue weighted by Gasteiger charge is -2.18. The summed E-state index contributed by atoms with van der Waals surface area (Å²) in [7, 11) is 0. The maximum absolute atomic E-state index is 3.64. The predicted octanol–water partition coefficient (Wildman–Crippen LogP) is 3.23. The van der Waals surface area contributed by atoms with E-state index >= 15 is 0 Å². The molecule has 0 saturated heterocycles. The largest absolute Gasteiger partial charge is 0.323 e. The van der Waals surface area contributed by atoms with Crippen molar-refractivity contribution < 1.29 is 0 Å². The Morgan fingerprint density at radius 3 is 2.47 bits per heavy atom. The van der Waals surface area contributed by atoms with Crippen molar-refractivity contribution in [3.05, 3.63) is 23.5 Å². The summed E-state index contributed by atoms with van der Waals surface area (Å²) in [5.41, 5.74) is 6.26. The average Bonchev–Trinajstić information content (AvgIpc) is 2.80. The molecule has 0 aromatic carbocycles. The number of nitrogens with one attached hydrogen (secondary N) is 1. The van der Waals surface area contributed by atoms with Crippen molar-refractivity contribution in [2.75, 3.05) is 5.43 Å². The molecule has 15 heavy (non-hydrogen) atoms. The molecule has 1 aliphatic rings. The Bertz CT molecular complexity index is 308. The van der Waals surface area contributed by atoms with E-state index < -0.39 is 0 Å². The second kappa shape index (κ2) is 4.30. The number of aryl methyl sites for hydroxylation is 2. The maximum atomic E-state index is 3.64. The van der Waals surface area contributed by atoms with Crippen molar-refractivity contribution >= 4 is 0 Å². The smallest absolute Gasteiger partial charge is 0.0427 e. The Hall–Kier alpha value is -0.920. The summed E-state index contributed by atoms with van der Waals surface area (Å²) in [5, 5.41) is 0. The van der Waals surface area contributed by atoms with Gasteiger partial charge < -0.3 is 5.43 Å². The predicted molar refractivity (Wildman–Crippen MR) is 64.7 cm³/mol. The van der Waals surface area contributed by atoms with Gasteiger partial charge in [-0.15, -0.1) is 0 Å². The van der Waals surface area contributed by atoms with Crippen LogP contribution in [-0.2, 0) is 0 Å². The molecule has 2 atom stereocenters. The molecule has 2 unspecified atom stereocenters. The quantitative estimate of drug-likeness (QED) is 0.803. The third-order valence-electron chi connectivity index (χ3n) is 3.70. The van der Waals surface area contributed by atoms with Crippen LogP contribution in [0.1, 0.15) is 44.0 Å². The first-order valence-electron chi connectivity index (χ1n) is 6.12. The summed E-state index contributed by atoms with van der Waals surface area (Å²) in [5.74, 6) is 0.943. The molecule has 84 valence electrons. The second-order valence-electron chi connectivity index (χ2n) is 4.86. The number of hydrogen-bond donors (Lipinski definition) is 1. The molecular weight excluding hydrogens is 184 g/mol. The van der Waals surface area contributed by atoms with E-state index in [1.807, 2.05) is 0 Å². The van der Waals surface area contributed by atoms with Gasteiger partial charge in [0.2, 0.25) is 0 Å². The molecule has 0 spiro atoms. The lowest BCUT2D eigenvalue weighted by atomic mass is 10.1. The Morgan fingerprint density at radius 1 is 1.27 bits per heavy atom. The minimum Gasteiger partial charge on any atom is -0.323 e. The summed E-state index contributed by atoms with van der Waals surface area (Å²) >= 11 is 0. The van der Waals surface area contributed by atoms with Gasteiger partial charge in [0.25, 0.3) is 0 Å². The summed E-state index contributed by atoms with van der Waals surface area (Å²) in [6.45, 7) is 6.62. The molecule has 2 heteroatoms. The minimum atomic E-state index is 0.680. The molecule has 0 amide bonds. The number of aromatic nitrogens is 1. The Kier molecular flexibility index (Phi) is 3.03. The van der Waals surface area contributed by atoms with Gasteiger partial charge in [0.05, 0.1) is 0 Å². The first-order chi connectivity index (χ1) is 7.20.